The van der Waals surface area contributed by atoms with Crippen molar-refractivity contribution in [1.82, 2.24) is 10.3 Å². The summed E-state index contributed by atoms with van der Waals surface area (Å²) in [6, 6.07) is 19.6. The zero-order chi connectivity index (χ0) is 18.5. The molecular formula is C22H23N3O. The minimum atomic E-state index is -0.190. The highest BCUT2D eigenvalue weighted by atomic mass is 16.1. The van der Waals surface area contributed by atoms with Crippen molar-refractivity contribution in [2.75, 3.05) is 5.32 Å². The van der Waals surface area contributed by atoms with Crippen molar-refractivity contribution in [3.05, 3.63) is 89.2 Å². The molecular weight excluding hydrogens is 322 g/mol. The molecule has 3 rings (SSSR count). The summed E-state index contributed by atoms with van der Waals surface area (Å²) in [7, 11) is 0. The largest absolute Gasteiger partial charge is 0.355 e. The van der Waals surface area contributed by atoms with Crippen LogP contribution in [0.3, 0.4) is 0 Å². The van der Waals surface area contributed by atoms with Gasteiger partial charge in [-0.15, -0.1) is 0 Å². The van der Waals surface area contributed by atoms with Crippen LogP contribution in [0.15, 0.2) is 66.9 Å². The van der Waals surface area contributed by atoms with Gasteiger partial charge >= 0.3 is 0 Å². The van der Waals surface area contributed by atoms with E-state index in [4.69, 9.17) is 0 Å². The molecule has 2 N–H and O–H groups in total. The number of rotatable bonds is 5. The van der Waals surface area contributed by atoms with Gasteiger partial charge in [-0.2, -0.15) is 0 Å². The van der Waals surface area contributed by atoms with Crippen LogP contribution in [0.25, 0.3) is 0 Å². The van der Waals surface area contributed by atoms with E-state index < -0.39 is 0 Å². The molecule has 0 saturated heterocycles. The summed E-state index contributed by atoms with van der Waals surface area (Å²) < 4.78 is 0. The first-order chi connectivity index (χ1) is 12.5. The number of aryl methyl sites for hydroxylation is 2. The molecule has 0 fully saturated rings. The number of pyridine rings is 1. The van der Waals surface area contributed by atoms with Crippen LogP contribution in [0.1, 0.15) is 40.1 Å². The van der Waals surface area contributed by atoms with Gasteiger partial charge in [0.05, 0.1) is 6.04 Å². The monoisotopic (exact) mass is 345 g/mol. The number of carbonyl (C=O) groups is 1. The first-order valence-corrected chi connectivity index (χ1v) is 8.69. The molecule has 0 aliphatic carbocycles. The van der Waals surface area contributed by atoms with E-state index in [9.17, 15) is 4.79 Å². The fourth-order valence-corrected chi connectivity index (χ4v) is 2.71. The smallest absolute Gasteiger partial charge is 0.270 e. The van der Waals surface area contributed by atoms with Gasteiger partial charge in [0.25, 0.3) is 5.91 Å². The average molecular weight is 345 g/mol. The number of carbonyl (C=O) groups excluding carboxylic acids is 1. The fraction of sp³-hybridized carbons (Fsp3) is 0.182. The van der Waals surface area contributed by atoms with E-state index in [1.165, 1.54) is 11.1 Å². The Hall–Kier alpha value is -3.14. The third kappa shape index (κ3) is 4.28. The SMILES string of the molecule is Cc1ccc(Nc2ccnc(C(=O)NC(C)c3ccccc3)c2)cc1C. The van der Waals surface area contributed by atoms with E-state index in [-0.39, 0.29) is 11.9 Å². The number of amides is 1. The van der Waals surface area contributed by atoms with Gasteiger partial charge in [-0.05, 0) is 61.7 Å². The Bertz CT molecular complexity index is 906. The Morgan fingerprint density at radius 3 is 2.38 bits per heavy atom. The van der Waals surface area contributed by atoms with E-state index in [0.29, 0.717) is 5.69 Å². The summed E-state index contributed by atoms with van der Waals surface area (Å²) in [6.45, 7) is 6.13. The maximum absolute atomic E-state index is 12.5. The topological polar surface area (TPSA) is 54.0 Å². The van der Waals surface area contributed by atoms with Gasteiger partial charge in [0.1, 0.15) is 5.69 Å². The average Bonchev–Trinajstić information content (AvgIpc) is 2.65. The van der Waals surface area contributed by atoms with Crippen molar-refractivity contribution in [2.45, 2.75) is 26.8 Å². The first kappa shape index (κ1) is 17.7. The van der Waals surface area contributed by atoms with Crippen molar-refractivity contribution in [2.24, 2.45) is 0 Å². The molecule has 1 heterocycles. The van der Waals surface area contributed by atoms with Crippen LogP contribution in [-0.4, -0.2) is 10.9 Å². The molecule has 1 atom stereocenters. The lowest BCUT2D eigenvalue weighted by molar-refractivity contribution is 0.0935. The molecule has 0 saturated carbocycles. The zero-order valence-electron chi connectivity index (χ0n) is 15.3. The summed E-state index contributed by atoms with van der Waals surface area (Å²) >= 11 is 0. The summed E-state index contributed by atoms with van der Waals surface area (Å²) in [5, 5.41) is 6.32. The third-order valence-electron chi connectivity index (χ3n) is 4.44. The maximum atomic E-state index is 12.5. The van der Waals surface area contributed by atoms with Crippen LogP contribution >= 0.6 is 0 Å². The Morgan fingerprint density at radius 1 is 0.923 bits per heavy atom. The molecule has 1 aromatic heterocycles. The molecule has 0 spiro atoms. The highest BCUT2D eigenvalue weighted by Crippen LogP contribution is 2.20. The van der Waals surface area contributed by atoms with Crippen LogP contribution in [-0.2, 0) is 0 Å². The highest BCUT2D eigenvalue weighted by molar-refractivity contribution is 5.93. The molecule has 1 unspecified atom stereocenters. The van der Waals surface area contributed by atoms with E-state index in [0.717, 1.165) is 16.9 Å². The van der Waals surface area contributed by atoms with Gasteiger partial charge in [-0.3, -0.25) is 9.78 Å². The normalized spacial score (nSPS) is 11.7. The van der Waals surface area contributed by atoms with E-state index in [1.54, 1.807) is 12.3 Å². The van der Waals surface area contributed by atoms with Gasteiger partial charge < -0.3 is 10.6 Å². The summed E-state index contributed by atoms with van der Waals surface area (Å²) in [4.78, 5) is 16.7. The molecule has 0 radical (unpaired) electrons. The number of hydrogen-bond donors (Lipinski definition) is 2. The quantitative estimate of drug-likeness (QED) is 0.689. The Kier molecular flexibility index (Phi) is 5.32. The van der Waals surface area contributed by atoms with E-state index in [1.807, 2.05) is 49.4 Å². The Morgan fingerprint density at radius 2 is 1.65 bits per heavy atom. The highest BCUT2D eigenvalue weighted by Gasteiger charge is 2.13. The van der Waals surface area contributed by atoms with Crippen LogP contribution in [0, 0.1) is 13.8 Å². The predicted octanol–water partition coefficient (Wildman–Crippen LogP) is 4.93. The van der Waals surface area contributed by atoms with Gasteiger partial charge in [-0.1, -0.05) is 36.4 Å². The molecule has 26 heavy (non-hydrogen) atoms. The second-order valence-electron chi connectivity index (χ2n) is 6.46. The van der Waals surface area contributed by atoms with Crippen LogP contribution < -0.4 is 10.6 Å². The molecule has 2 aromatic carbocycles. The lowest BCUT2D eigenvalue weighted by atomic mass is 10.1. The standard InChI is InChI=1S/C22H23N3O/c1-15-9-10-19(13-16(15)2)25-20-11-12-23-21(14-20)22(26)24-17(3)18-7-5-4-6-8-18/h4-14,17H,1-3H3,(H,23,25)(H,24,26). The van der Waals surface area contributed by atoms with Crippen molar-refractivity contribution in [3.8, 4) is 0 Å². The van der Waals surface area contributed by atoms with Crippen LogP contribution in [0.2, 0.25) is 0 Å². The first-order valence-electron chi connectivity index (χ1n) is 8.69. The zero-order valence-corrected chi connectivity index (χ0v) is 15.3. The number of benzene rings is 2. The van der Waals surface area contributed by atoms with E-state index in [2.05, 4.69) is 41.6 Å². The lowest BCUT2D eigenvalue weighted by Gasteiger charge is -2.14. The third-order valence-corrected chi connectivity index (χ3v) is 4.44. The van der Waals surface area contributed by atoms with Crippen molar-refractivity contribution in [1.29, 1.82) is 0 Å². The predicted molar refractivity (Wildman–Crippen MR) is 106 cm³/mol. The fourth-order valence-electron chi connectivity index (χ4n) is 2.71. The molecule has 1 amide bonds. The summed E-state index contributed by atoms with van der Waals surface area (Å²) in [5.41, 5.74) is 5.75. The van der Waals surface area contributed by atoms with Crippen LogP contribution in [0.5, 0.6) is 0 Å². The lowest BCUT2D eigenvalue weighted by Crippen LogP contribution is -2.27. The van der Waals surface area contributed by atoms with Crippen molar-refractivity contribution in [3.63, 3.8) is 0 Å². The second kappa shape index (κ2) is 7.83. The Balaban J connectivity index is 1.72. The Labute approximate surface area is 154 Å². The van der Waals surface area contributed by atoms with Gasteiger partial charge in [0, 0.05) is 17.6 Å². The van der Waals surface area contributed by atoms with Crippen LogP contribution in [0.4, 0.5) is 11.4 Å². The minimum absolute atomic E-state index is 0.0816. The molecule has 4 heteroatoms. The molecule has 0 bridgehead atoms. The van der Waals surface area contributed by atoms with Crippen molar-refractivity contribution >= 4 is 17.3 Å². The number of nitrogens with zero attached hydrogens (tertiary/aromatic N) is 1. The number of nitrogens with one attached hydrogen (secondary N) is 2. The van der Waals surface area contributed by atoms with Gasteiger partial charge in [-0.25, -0.2) is 0 Å². The minimum Gasteiger partial charge on any atom is -0.355 e. The van der Waals surface area contributed by atoms with E-state index >= 15 is 0 Å². The molecule has 3 aromatic rings. The summed E-state index contributed by atoms with van der Waals surface area (Å²) in [6.07, 6.45) is 1.64. The number of anilines is 2. The molecule has 0 aliphatic rings. The number of hydrogen-bond acceptors (Lipinski definition) is 3. The summed E-state index contributed by atoms with van der Waals surface area (Å²) in [5.74, 6) is -0.190. The molecule has 132 valence electrons. The molecule has 0 aliphatic heterocycles. The number of aromatic nitrogens is 1. The molecule has 4 nitrogen and oxygen atoms in total. The maximum Gasteiger partial charge on any atom is 0.270 e. The van der Waals surface area contributed by atoms with Gasteiger partial charge in [0.2, 0.25) is 0 Å². The second-order valence-corrected chi connectivity index (χ2v) is 6.46. The van der Waals surface area contributed by atoms with Crippen molar-refractivity contribution < 1.29 is 4.79 Å². The van der Waals surface area contributed by atoms with Gasteiger partial charge in [0.15, 0.2) is 0 Å².